The summed E-state index contributed by atoms with van der Waals surface area (Å²) in [6, 6.07) is 1.58. The highest BCUT2D eigenvalue weighted by molar-refractivity contribution is 7.08. The summed E-state index contributed by atoms with van der Waals surface area (Å²) in [5, 5.41) is 11.6. The summed E-state index contributed by atoms with van der Waals surface area (Å²) < 4.78 is 0. The van der Waals surface area contributed by atoms with Crippen molar-refractivity contribution in [3.63, 3.8) is 0 Å². The predicted octanol–water partition coefficient (Wildman–Crippen LogP) is 1.15. The highest BCUT2D eigenvalue weighted by Gasteiger charge is 1.98. The molecule has 1 heterocycles. The van der Waals surface area contributed by atoms with Crippen LogP contribution in [0.4, 0.5) is 0 Å². The molecule has 0 aliphatic rings. The Morgan fingerprint density at radius 3 is 2.31 bits per heavy atom. The predicted molar refractivity (Wildman–Crippen MR) is 51.0 cm³/mol. The smallest absolute Gasteiger partial charge is 0.336 e. The van der Waals surface area contributed by atoms with Gasteiger partial charge in [0.2, 0.25) is 6.41 Å². The lowest BCUT2D eigenvalue weighted by Crippen LogP contribution is -2.06. The second kappa shape index (κ2) is 6.19. The van der Waals surface area contributed by atoms with E-state index in [9.17, 15) is 9.59 Å². The fraction of sp³-hybridized carbons (Fsp3) is 0.250. The molecule has 0 aromatic carbocycles. The molecule has 0 bridgehead atoms. The van der Waals surface area contributed by atoms with Gasteiger partial charge in [-0.2, -0.15) is 11.3 Å². The van der Waals surface area contributed by atoms with Crippen LogP contribution in [0.2, 0.25) is 0 Å². The zero-order chi connectivity index (χ0) is 10.3. The van der Waals surface area contributed by atoms with E-state index in [4.69, 9.17) is 5.11 Å². The first-order valence-electron chi connectivity index (χ1n) is 3.45. The van der Waals surface area contributed by atoms with Gasteiger partial charge in [0, 0.05) is 19.5 Å². The monoisotopic (exact) mass is 201 g/mol. The topological polar surface area (TPSA) is 57.6 Å². The molecule has 72 valence electrons. The molecule has 0 saturated heterocycles. The zero-order valence-corrected chi connectivity index (χ0v) is 8.25. The van der Waals surface area contributed by atoms with Crippen molar-refractivity contribution in [2.45, 2.75) is 0 Å². The molecule has 0 aliphatic heterocycles. The SMILES string of the molecule is CN(C)C=O.O=C(O)c1ccsc1. The van der Waals surface area contributed by atoms with Gasteiger partial charge in [-0.1, -0.05) is 0 Å². The quantitative estimate of drug-likeness (QED) is 0.730. The van der Waals surface area contributed by atoms with Crippen molar-refractivity contribution < 1.29 is 14.7 Å². The van der Waals surface area contributed by atoms with Crippen molar-refractivity contribution >= 4 is 23.7 Å². The van der Waals surface area contributed by atoms with E-state index in [1.807, 2.05) is 0 Å². The number of hydrogen-bond donors (Lipinski definition) is 1. The second-order valence-electron chi connectivity index (χ2n) is 2.39. The van der Waals surface area contributed by atoms with Gasteiger partial charge in [-0.05, 0) is 11.4 Å². The van der Waals surface area contributed by atoms with Gasteiger partial charge in [-0.3, -0.25) is 4.79 Å². The van der Waals surface area contributed by atoms with Gasteiger partial charge < -0.3 is 10.0 Å². The highest BCUT2D eigenvalue weighted by atomic mass is 32.1. The molecular weight excluding hydrogens is 190 g/mol. The Balaban J connectivity index is 0.000000252. The molecule has 13 heavy (non-hydrogen) atoms. The van der Waals surface area contributed by atoms with Crippen molar-refractivity contribution in [1.29, 1.82) is 0 Å². The lowest BCUT2D eigenvalue weighted by atomic mass is 10.4. The van der Waals surface area contributed by atoms with E-state index in [0.29, 0.717) is 5.56 Å². The van der Waals surface area contributed by atoms with E-state index in [-0.39, 0.29) is 0 Å². The number of rotatable bonds is 2. The maximum atomic E-state index is 10.1. The van der Waals surface area contributed by atoms with Crippen LogP contribution < -0.4 is 0 Å². The molecule has 0 saturated carbocycles. The molecule has 0 radical (unpaired) electrons. The molecule has 5 heteroatoms. The molecule has 1 rings (SSSR count). The van der Waals surface area contributed by atoms with Crippen LogP contribution in [0.5, 0.6) is 0 Å². The molecule has 0 unspecified atom stereocenters. The number of amides is 1. The van der Waals surface area contributed by atoms with Crippen LogP contribution in [0.15, 0.2) is 16.8 Å². The van der Waals surface area contributed by atoms with Crippen molar-refractivity contribution in [3.05, 3.63) is 22.4 Å². The minimum Gasteiger partial charge on any atom is -0.478 e. The van der Waals surface area contributed by atoms with Gasteiger partial charge >= 0.3 is 5.97 Å². The number of carbonyl (C=O) groups is 2. The zero-order valence-electron chi connectivity index (χ0n) is 7.43. The largest absolute Gasteiger partial charge is 0.478 e. The standard InChI is InChI=1S/C5H4O2S.C3H7NO/c6-5(7)4-1-2-8-3-4;1-4(2)3-5/h1-3H,(H,6,7);3H,1-2H3. The third-order valence-corrected chi connectivity index (χ3v) is 1.66. The number of nitrogens with zero attached hydrogens (tertiary/aromatic N) is 1. The summed E-state index contributed by atoms with van der Waals surface area (Å²) in [5.41, 5.74) is 0.370. The Bertz CT molecular complexity index is 256. The summed E-state index contributed by atoms with van der Waals surface area (Å²) in [6.07, 6.45) is 0.750. The number of carboxylic acid groups (broad SMARTS) is 1. The fourth-order valence-electron chi connectivity index (χ4n) is 0.386. The number of thiophene rings is 1. The van der Waals surface area contributed by atoms with Gasteiger partial charge in [0.1, 0.15) is 0 Å². The van der Waals surface area contributed by atoms with Crippen molar-refractivity contribution in [2.75, 3.05) is 14.1 Å². The minimum atomic E-state index is -0.855. The highest BCUT2D eigenvalue weighted by Crippen LogP contribution is 2.04. The average Bonchev–Trinajstić information content (AvgIpc) is 2.57. The van der Waals surface area contributed by atoms with E-state index in [1.165, 1.54) is 16.2 Å². The van der Waals surface area contributed by atoms with Gasteiger partial charge in [-0.15, -0.1) is 0 Å². The van der Waals surface area contributed by atoms with Gasteiger partial charge in [0.15, 0.2) is 0 Å². The summed E-state index contributed by atoms with van der Waals surface area (Å²) in [4.78, 5) is 20.9. The Morgan fingerprint density at radius 2 is 2.15 bits per heavy atom. The Morgan fingerprint density at radius 1 is 1.62 bits per heavy atom. The lowest BCUT2D eigenvalue weighted by Gasteiger charge is -1.93. The van der Waals surface area contributed by atoms with E-state index in [1.54, 1.807) is 30.9 Å². The van der Waals surface area contributed by atoms with Crippen molar-refractivity contribution in [1.82, 2.24) is 4.90 Å². The second-order valence-corrected chi connectivity index (χ2v) is 3.17. The van der Waals surface area contributed by atoms with E-state index in [0.717, 1.165) is 6.41 Å². The summed E-state index contributed by atoms with van der Waals surface area (Å²) in [6.45, 7) is 0. The van der Waals surface area contributed by atoms with Gasteiger partial charge in [-0.25, -0.2) is 4.79 Å². The Labute approximate surface area is 80.4 Å². The maximum absolute atomic E-state index is 10.1. The third-order valence-electron chi connectivity index (χ3n) is 0.979. The van der Waals surface area contributed by atoms with E-state index in [2.05, 4.69) is 0 Å². The van der Waals surface area contributed by atoms with Crippen LogP contribution >= 0.6 is 11.3 Å². The van der Waals surface area contributed by atoms with E-state index >= 15 is 0 Å². The van der Waals surface area contributed by atoms with Crippen LogP contribution in [0.1, 0.15) is 10.4 Å². The number of hydrogen-bond acceptors (Lipinski definition) is 3. The molecule has 4 nitrogen and oxygen atoms in total. The van der Waals surface area contributed by atoms with Gasteiger partial charge in [0.25, 0.3) is 0 Å². The first kappa shape index (κ1) is 11.6. The molecule has 0 aliphatic carbocycles. The van der Waals surface area contributed by atoms with Crippen LogP contribution in [0, 0.1) is 0 Å². The number of carbonyl (C=O) groups excluding carboxylic acids is 1. The van der Waals surface area contributed by atoms with Crippen LogP contribution in [-0.4, -0.2) is 36.5 Å². The third kappa shape index (κ3) is 5.86. The van der Waals surface area contributed by atoms with E-state index < -0.39 is 5.97 Å². The molecule has 1 aromatic heterocycles. The Kier molecular flexibility index (Phi) is 5.54. The van der Waals surface area contributed by atoms with Crippen LogP contribution in [-0.2, 0) is 4.79 Å². The average molecular weight is 201 g/mol. The lowest BCUT2D eigenvalue weighted by molar-refractivity contribution is -0.115. The summed E-state index contributed by atoms with van der Waals surface area (Å²) in [7, 11) is 3.38. The Hall–Kier alpha value is -1.36. The normalized spacial score (nSPS) is 8.15. The van der Waals surface area contributed by atoms with Crippen molar-refractivity contribution in [2.24, 2.45) is 0 Å². The van der Waals surface area contributed by atoms with Gasteiger partial charge in [0.05, 0.1) is 5.56 Å². The molecule has 0 spiro atoms. The van der Waals surface area contributed by atoms with Crippen LogP contribution in [0.25, 0.3) is 0 Å². The first-order valence-corrected chi connectivity index (χ1v) is 4.39. The molecule has 1 N–H and O–H groups in total. The molecule has 0 fully saturated rings. The molecular formula is C8H11NO3S. The summed E-state index contributed by atoms with van der Waals surface area (Å²) >= 11 is 1.39. The maximum Gasteiger partial charge on any atom is 0.336 e. The number of carboxylic acids is 1. The first-order chi connectivity index (χ1) is 6.07. The van der Waals surface area contributed by atoms with Crippen molar-refractivity contribution in [3.8, 4) is 0 Å². The molecule has 1 aromatic rings. The number of aromatic carboxylic acids is 1. The minimum absolute atomic E-state index is 0.370. The molecule has 1 amide bonds. The van der Waals surface area contributed by atoms with Crippen LogP contribution in [0.3, 0.4) is 0 Å². The molecule has 0 atom stereocenters. The fourth-order valence-corrected chi connectivity index (χ4v) is 1.02. The summed E-state index contributed by atoms with van der Waals surface area (Å²) in [5.74, 6) is -0.855.